The highest BCUT2D eigenvalue weighted by molar-refractivity contribution is 5.78. The van der Waals surface area contributed by atoms with E-state index in [0.29, 0.717) is 25.2 Å². The molecule has 4 rings (SSSR count). The van der Waals surface area contributed by atoms with E-state index in [0.717, 1.165) is 43.7 Å². The molecule has 1 aromatic carbocycles. The number of pyridine rings is 1. The normalized spacial score (nSPS) is 16.0. The molecule has 1 fully saturated rings. The van der Waals surface area contributed by atoms with Gasteiger partial charge in [-0.3, -0.25) is 4.79 Å². The number of anilines is 1. The van der Waals surface area contributed by atoms with Crippen molar-refractivity contribution in [2.45, 2.75) is 45.1 Å². The van der Waals surface area contributed by atoms with Crippen molar-refractivity contribution in [3.8, 4) is 5.75 Å². The summed E-state index contributed by atoms with van der Waals surface area (Å²) in [6.07, 6.45) is 3.70. The van der Waals surface area contributed by atoms with Gasteiger partial charge in [0.2, 0.25) is 0 Å². The number of amides is 2. The van der Waals surface area contributed by atoms with Crippen LogP contribution in [0.5, 0.6) is 5.75 Å². The number of carbonyl (C=O) groups excluding carboxylic acids is 2. The van der Waals surface area contributed by atoms with Crippen LogP contribution < -0.4 is 10.1 Å². The number of nitrogens with zero attached hydrogens (tertiary/aromatic N) is 3. The van der Waals surface area contributed by atoms with Gasteiger partial charge < -0.3 is 24.6 Å². The zero-order valence-electron chi connectivity index (χ0n) is 20.4. The van der Waals surface area contributed by atoms with Crippen LogP contribution in [0.15, 0.2) is 30.3 Å². The number of fused-ring (bicyclic) bond motifs is 1. The molecule has 0 radical (unpaired) electrons. The quantitative estimate of drug-likeness (QED) is 0.514. The van der Waals surface area contributed by atoms with Crippen molar-refractivity contribution in [1.29, 1.82) is 0 Å². The minimum Gasteiger partial charge on any atom is -0.494 e. The third kappa shape index (κ3) is 5.83. The molecule has 0 saturated carbocycles. The summed E-state index contributed by atoms with van der Waals surface area (Å²) in [6.45, 7) is 4.52. The predicted molar refractivity (Wildman–Crippen MR) is 130 cm³/mol. The average Bonchev–Trinajstić information content (AvgIpc) is 3.22. The maximum Gasteiger partial charge on any atom is 0.320 e. The molecule has 2 amide bonds. The molecule has 2 aliphatic heterocycles. The number of benzene rings is 1. The highest BCUT2D eigenvalue weighted by Crippen LogP contribution is 2.31. The van der Waals surface area contributed by atoms with Gasteiger partial charge in [0.25, 0.3) is 0 Å². The summed E-state index contributed by atoms with van der Waals surface area (Å²) in [6, 6.07) is 7.97. The second kappa shape index (κ2) is 11.4. The van der Waals surface area contributed by atoms with Crippen molar-refractivity contribution in [2.24, 2.45) is 0 Å². The van der Waals surface area contributed by atoms with E-state index in [4.69, 9.17) is 14.5 Å². The maximum atomic E-state index is 14.4. The number of ether oxygens (including phenoxy) is 2. The molecule has 1 N–H and O–H groups in total. The van der Waals surface area contributed by atoms with Gasteiger partial charge in [-0.1, -0.05) is 12.1 Å². The number of aryl methyl sites for hydroxylation is 2. The van der Waals surface area contributed by atoms with E-state index in [1.807, 2.05) is 0 Å². The summed E-state index contributed by atoms with van der Waals surface area (Å²) in [4.78, 5) is 33.7. The molecule has 0 unspecified atom stereocenters. The molecule has 1 atom stereocenters. The van der Waals surface area contributed by atoms with Crippen molar-refractivity contribution in [3.63, 3.8) is 0 Å². The Hall–Kier alpha value is -3.36. The number of esters is 1. The van der Waals surface area contributed by atoms with E-state index < -0.39 is 17.8 Å². The number of hydrogen-bond acceptors (Lipinski definition) is 6. The fourth-order valence-corrected chi connectivity index (χ4v) is 4.73. The molecule has 0 bridgehead atoms. The Bertz CT molecular complexity index is 1060. The van der Waals surface area contributed by atoms with Gasteiger partial charge in [-0.2, -0.15) is 0 Å². The number of halogens is 1. The number of rotatable bonds is 10. The van der Waals surface area contributed by atoms with E-state index in [-0.39, 0.29) is 24.8 Å². The number of carbonyl (C=O) groups is 2. The van der Waals surface area contributed by atoms with Gasteiger partial charge in [0.05, 0.1) is 26.2 Å². The molecule has 0 spiro atoms. The van der Waals surface area contributed by atoms with Crippen LogP contribution in [-0.4, -0.2) is 66.7 Å². The van der Waals surface area contributed by atoms with Crippen LogP contribution in [0.3, 0.4) is 0 Å². The van der Waals surface area contributed by atoms with E-state index in [1.54, 1.807) is 22.8 Å². The summed E-state index contributed by atoms with van der Waals surface area (Å²) in [5.41, 5.74) is 2.81. The summed E-state index contributed by atoms with van der Waals surface area (Å²) in [7, 11) is 1.40. The Morgan fingerprint density at radius 2 is 2.11 bits per heavy atom. The van der Waals surface area contributed by atoms with Gasteiger partial charge in [0.1, 0.15) is 5.82 Å². The first-order valence-corrected chi connectivity index (χ1v) is 12.3. The van der Waals surface area contributed by atoms with Gasteiger partial charge in [-0.15, -0.1) is 0 Å². The predicted octanol–water partition coefficient (Wildman–Crippen LogP) is 3.95. The van der Waals surface area contributed by atoms with Crippen molar-refractivity contribution in [1.82, 2.24) is 14.8 Å². The minimum absolute atomic E-state index is 0.0365. The smallest absolute Gasteiger partial charge is 0.320 e. The maximum absolute atomic E-state index is 14.4. The van der Waals surface area contributed by atoms with Gasteiger partial charge in [-0.25, -0.2) is 14.2 Å². The molecule has 1 aromatic heterocycles. The van der Waals surface area contributed by atoms with Crippen LogP contribution in [0, 0.1) is 5.82 Å². The molecule has 3 heterocycles. The summed E-state index contributed by atoms with van der Waals surface area (Å²) >= 11 is 0. The average molecular weight is 485 g/mol. The van der Waals surface area contributed by atoms with E-state index in [1.165, 1.54) is 24.8 Å². The minimum atomic E-state index is -0.611. The Morgan fingerprint density at radius 3 is 2.89 bits per heavy atom. The van der Waals surface area contributed by atoms with Gasteiger partial charge in [-0.05, 0) is 61.9 Å². The van der Waals surface area contributed by atoms with Gasteiger partial charge in [0.15, 0.2) is 11.6 Å². The standard InChI is InChI=1S/C26H33FN4O4/c1-3-35-24(32)17-22(19-9-11-23(34-2)21(27)16-19)31-15-14-30(26(31)33)13-5-7-20-10-8-18-6-4-12-28-25(18)29-20/h8-11,16,22H,3-7,12-15,17H2,1-2H3,(H,28,29)/t22-/m0/s1. The Morgan fingerprint density at radius 1 is 1.26 bits per heavy atom. The first-order chi connectivity index (χ1) is 17.0. The molecule has 0 aliphatic carbocycles. The Balaban J connectivity index is 1.40. The SMILES string of the molecule is CCOC(=O)C[C@@H](c1ccc(OC)c(F)c1)N1CCN(CCCc2ccc3c(n2)NCCC3)C1=O. The summed E-state index contributed by atoms with van der Waals surface area (Å²) < 4.78 is 24.6. The van der Waals surface area contributed by atoms with Crippen LogP contribution in [-0.2, 0) is 22.4 Å². The molecule has 8 nitrogen and oxygen atoms in total. The fourth-order valence-electron chi connectivity index (χ4n) is 4.73. The second-order valence-electron chi connectivity index (χ2n) is 8.83. The lowest BCUT2D eigenvalue weighted by molar-refractivity contribution is -0.144. The Kier molecular flexibility index (Phi) is 8.05. The molecule has 9 heteroatoms. The lowest BCUT2D eigenvalue weighted by Gasteiger charge is -2.28. The molecule has 2 aliphatic rings. The highest BCUT2D eigenvalue weighted by atomic mass is 19.1. The van der Waals surface area contributed by atoms with Crippen LogP contribution in [0.1, 0.15) is 49.0 Å². The number of hydrogen-bond donors (Lipinski definition) is 1. The van der Waals surface area contributed by atoms with Crippen LogP contribution in [0.2, 0.25) is 0 Å². The fraction of sp³-hybridized carbons (Fsp3) is 0.500. The summed E-state index contributed by atoms with van der Waals surface area (Å²) in [5, 5.41) is 3.36. The molecule has 35 heavy (non-hydrogen) atoms. The molecule has 2 aromatic rings. The molecule has 188 valence electrons. The van der Waals surface area contributed by atoms with Crippen molar-refractivity contribution in [2.75, 3.05) is 45.2 Å². The Labute approximate surface area is 205 Å². The van der Waals surface area contributed by atoms with E-state index in [9.17, 15) is 14.0 Å². The second-order valence-corrected chi connectivity index (χ2v) is 8.83. The van der Waals surface area contributed by atoms with Crippen LogP contribution in [0.25, 0.3) is 0 Å². The third-order valence-corrected chi connectivity index (χ3v) is 6.54. The zero-order valence-corrected chi connectivity index (χ0v) is 20.4. The first kappa shape index (κ1) is 24.8. The lowest BCUT2D eigenvalue weighted by atomic mass is 10.0. The van der Waals surface area contributed by atoms with Crippen molar-refractivity contribution >= 4 is 17.8 Å². The van der Waals surface area contributed by atoms with E-state index in [2.05, 4.69) is 17.4 Å². The highest BCUT2D eigenvalue weighted by Gasteiger charge is 2.36. The zero-order chi connectivity index (χ0) is 24.8. The van der Waals surface area contributed by atoms with Crippen molar-refractivity contribution < 1.29 is 23.5 Å². The number of methoxy groups -OCH3 is 1. The van der Waals surface area contributed by atoms with Gasteiger partial charge >= 0.3 is 12.0 Å². The molecular formula is C26H33FN4O4. The van der Waals surface area contributed by atoms with Crippen molar-refractivity contribution in [3.05, 3.63) is 53.0 Å². The monoisotopic (exact) mass is 484 g/mol. The number of nitrogens with one attached hydrogen (secondary N) is 1. The topological polar surface area (TPSA) is 84.0 Å². The molecule has 1 saturated heterocycles. The third-order valence-electron chi connectivity index (χ3n) is 6.54. The molecular weight excluding hydrogens is 451 g/mol. The van der Waals surface area contributed by atoms with Crippen LogP contribution >= 0.6 is 0 Å². The van der Waals surface area contributed by atoms with Crippen LogP contribution in [0.4, 0.5) is 15.0 Å². The van der Waals surface area contributed by atoms with E-state index >= 15 is 0 Å². The lowest BCUT2D eigenvalue weighted by Crippen LogP contribution is -2.36. The summed E-state index contributed by atoms with van der Waals surface area (Å²) in [5.74, 6) is 0.135. The number of aromatic nitrogens is 1. The van der Waals surface area contributed by atoms with Gasteiger partial charge in [0, 0.05) is 31.9 Å². The number of urea groups is 1. The first-order valence-electron chi connectivity index (χ1n) is 12.3. The largest absolute Gasteiger partial charge is 0.494 e.